The van der Waals surface area contributed by atoms with Crippen molar-refractivity contribution < 1.29 is 9.18 Å². The second-order valence-corrected chi connectivity index (χ2v) is 5.29. The molecule has 20 heavy (non-hydrogen) atoms. The van der Waals surface area contributed by atoms with Crippen LogP contribution in [-0.4, -0.2) is 5.91 Å². The fourth-order valence-corrected chi connectivity index (χ4v) is 2.37. The zero-order valence-electron chi connectivity index (χ0n) is 11.1. The predicted octanol–water partition coefficient (Wildman–Crippen LogP) is 4.08. The van der Waals surface area contributed by atoms with Crippen LogP contribution in [0.25, 0.3) is 0 Å². The van der Waals surface area contributed by atoms with E-state index in [1.165, 1.54) is 23.8 Å². The van der Waals surface area contributed by atoms with Gasteiger partial charge in [-0.2, -0.15) is 0 Å². The van der Waals surface area contributed by atoms with Gasteiger partial charge in [0, 0.05) is 12.1 Å². The first kappa shape index (κ1) is 14.7. The molecule has 1 N–H and O–H groups in total. The summed E-state index contributed by atoms with van der Waals surface area (Å²) >= 11 is 3.08. The highest BCUT2D eigenvalue weighted by Crippen LogP contribution is 2.17. The molecule has 0 aliphatic heterocycles. The Bertz CT molecular complexity index is 628. The molecule has 0 heterocycles. The monoisotopic (exact) mass is 335 g/mol. The number of rotatable bonds is 4. The van der Waals surface area contributed by atoms with Gasteiger partial charge in [-0.3, -0.25) is 4.79 Å². The van der Waals surface area contributed by atoms with E-state index in [1.807, 2.05) is 18.2 Å². The Hall–Kier alpha value is -1.68. The molecule has 2 nitrogen and oxygen atoms in total. The van der Waals surface area contributed by atoms with Crippen LogP contribution in [-0.2, 0) is 13.0 Å². The van der Waals surface area contributed by atoms with E-state index in [1.54, 1.807) is 0 Å². The van der Waals surface area contributed by atoms with E-state index in [2.05, 4.69) is 34.2 Å². The van der Waals surface area contributed by atoms with Crippen molar-refractivity contribution in [2.24, 2.45) is 0 Å². The first-order chi connectivity index (χ1) is 9.61. The van der Waals surface area contributed by atoms with Crippen LogP contribution in [0.5, 0.6) is 0 Å². The maximum atomic E-state index is 13.1. The minimum atomic E-state index is -0.377. The van der Waals surface area contributed by atoms with Gasteiger partial charge in [-0.1, -0.05) is 31.2 Å². The minimum Gasteiger partial charge on any atom is -0.348 e. The van der Waals surface area contributed by atoms with Gasteiger partial charge in [0.1, 0.15) is 5.82 Å². The number of hydrogen-bond acceptors (Lipinski definition) is 1. The van der Waals surface area contributed by atoms with Crippen molar-refractivity contribution in [2.75, 3.05) is 0 Å². The smallest absolute Gasteiger partial charge is 0.251 e. The summed E-state index contributed by atoms with van der Waals surface area (Å²) in [6.07, 6.45) is 0.925. The highest BCUT2D eigenvalue weighted by Gasteiger charge is 2.09. The molecule has 0 aliphatic rings. The highest BCUT2D eigenvalue weighted by atomic mass is 79.9. The number of aryl methyl sites for hydroxylation is 1. The average molecular weight is 336 g/mol. The molecule has 2 rings (SSSR count). The molecule has 0 spiro atoms. The van der Waals surface area contributed by atoms with Gasteiger partial charge in [0.2, 0.25) is 0 Å². The van der Waals surface area contributed by atoms with Gasteiger partial charge >= 0.3 is 0 Å². The lowest BCUT2D eigenvalue weighted by Crippen LogP contribution is -2.23. The van der Waals surface area contributed by atoms with E-state index < -0.39 is 0 Å². The van der Waals surface area contributed by atoms with Gasteiger partial charge in [0.05, 0.1) is 4.47 Å². The van der Waals surface area contributed by atoms with Crippen LogP contribution in [0.4, 0.5) is 4.39 Å². The summed E-state index contributed by atoms with van der Waals surface area (Å²) in [4.78, 5) is 12.0. The molecule has 2 aromatic rings. The third-order valence-electron chi connectivity index (χ3n) is 3.12. The van der Waals surface area contributed by atoms with Crippen molar-refractivity contribution in [3.8, 4) is 0 Å². The molecule has 0 radical (unpaired) electrons. The molecule has 0 saturated heterocycles. The Morgan fingerprint density at radius 3 is 2.55 bits per heavy atom. The molecule has 1 amide bonds. The molecule has 0 saturated carbocycles. The third kappa shape index (κ3) is 3.45. The summed E-state index contributed by atoms with van der Waals surface area (Å²) in [5.74, 6) is -0.588. The maximum Gasteiger partial charge on any atom is 0.251 e. The first-order valence-electron chi connectivity index (χ1n) is 6.42. The van der Waals surface area contributed by atoms with Crippen molar-refractivity contribution in [1.82, 2.24) is 5.32 Å². The number of halogens is 2. The van der Waals surface area contributed by atoms with Gasteiger partial charge in [-0.05, 0) is 51.7 Å². The fraction of sp³-hybridized carbons (Fsp3) is 0.188. The standard InChI is InChI=1S/C16H15BrFNO/c1-2-11-5-3-4-6-13(11)10-19-16(20)12-7-8-15(18)14(17)9-12/h3-9H,2,10H2,1H3,(H,19,20). The van der Waals surface area contributed by atoms with E-state index in [0.717, 1.165) is 12.0 Å². The number of carbonyl (C=O) groups is 1. The van der Waals surface area contributed by atoms with E-state index in [-0.39, 0.29) is 11.7 Å². The summed E-state index contributed by atoms with van der Waals surface area (Å²) in [5, 5.41) is 2.85. The number of benzene rings is 2. The Morgan fingerprint density at radius 2 is 1.90 bits per heavy atom. The van der Waals surface area contributed by atoms with Crippen LogP contribution in [0.1, 0.15) is 28.4 Å². The average Bonchev–Trinajstić information content (AvgIpc) is 2.47. The van der Waals surface area contributed by atoms with E-state index in [9.17, 15) is 9.18 Å². The second-order valence-electron chi connectivity index (χ2n) is 4.43. The van der Waals surface area contributed by atoms with Crippen LogP contribution in [0.2, 0.25) is 0 Å². The maximum absolute atomic E-state index is 13.1. The SMILES string of the molecule is CCc1ccccc1CNC(=O)c1ccc(F)c(Br)c1. The Kier molecular flexibility index (Phi) is 4.90. The Balaban J connectivity index is 2.06. The van der Waals surface area contributed by atoms with E-state index >= 15 is 0 Å². The van der Waals surface area contributed by atoms with Gasteiger partial charge in [0.15, 0.2) is 0 Å². The zero-order chi connectivity index (χ0) is 14.5. The molecule has 0 bridgehead atoms. The molecular formula is C16H15BrFNO. The first-order valence-corrected chi connectivity index (χ1v) is 7.21. The summed E-state index contributed by atoms with van der Waals surface area (Å²) in [5.41, 5.74) is 2.75. The van der Waals surface area contributed by atoms with Gasteiger partial charge in [0.25, 0.3) is 5.91 Å². The van der Waals surface area contributed by atoms with Gasteiger partial charge in [-0.25, -0.2) is 4.39 Å². The number of nitrogens with one attached hydrogen (secondary N) is 1. The molecule has 0 aromatic heterocycles. The van der Waals surface area contributed by atoms with Crippen LogP contribution in [0.3, 0.4) is 0 Å². The zero-order valence-corrected chi connectivity index (χ0v) is 12.7. The van der Waals surface area contributed by atoms with Crippen molar-refractivity contribution in [3.63, 3.8) is 0 Å². The van der Waals surface area contributed by atoms with E-state index in [4.69, 9.17) is 0 Å². The topological polar surface area (TPSA) is 29.1 Å². The largest absolute Gasteiger partial charge is 0.348 e. The predicted molar refractivity (Wildman–Crippen MR) is 81.1 cm³/mol. The lowest BCUT2D eigenvalue weighted by Gasteiger charge is -2.09. The number of hydrogen-bond donors (Lipinski definition) is 1. The van der Waals surface area contributed by atoms with Crippen molar-refractivity contribution in [2.45, 2.75) is 19.9 Å². The van der Waals surface area contributed by atoms with Crippen molar-refractivity contribution in [1.29, 1.82) is 0 Å². The molecule has 0 fully saturated rings. The summed E-state index contributed by atoms with van der Waals surface area (Å²) in [6, 6.07) is 12.2. The van der Waals surface area contributed by atoms with Crippen LogP contribution in [0.15, 0.2) is 46.9 Å². The minimum absolute atomic E-state index is 0.211. The molecule has 0 atom stereocenters. The molecule has 0 aliphatic carbocycles. The van der Waals surface area contributed by atoms with Crippen LogP contribution < -0.4 is 5.32 Å². The summed E-state index contributed by atoms with van der Waals surface area (Å²) in [6.45, 7) is 2.55. The second kappa shape index (κ2) is 6.66. The van der Waals surface area contributed by atoms with E-state index in [0.29, 0.717) is 16.6 Å². The quantitative estimate of drug-likeness (QED) is 0.896. The Morgan fingerprint density at radius 1 is 1.20 bits per heavy atom. The van der Waals surface area contributed by atoms with Gasteiger partial charge < -0.3 is 5.32 Å². The lowest BCUT2D eigenvalue weighted by molar-refractivity contribution is 0.0950. The lowest BCUT2D eigenvalue weighted by atomic mass is 10.1. The molecule has 0 unspecified atom stereocenters. The fourth-order valence-electron chi connectivity index (χ4n) is 1.99. The van der Waals surface area contributed by atoms with Crippen molar-refractivity contribution in [3.05, 3.63) is 69.4 Å². The van der Waals surface area contributed by atoms with Crippen LogP contribution in [0, 0.1) is 5.82 Å². The molecule has 104 valence electrons. The number of amides is 1. The number of carbonyl (C=O) groups excluding carboxylic acids is 1. The normalized spacial score (nSPS) is 10.3. The summed E-state index contributed by atoms with van der Waals surface area (Å²) < 4.78 is 13.4. The Labute approximate surface area is 126 Å². The van der Waals surface area contributed by atoms with Crippen LogP contribution >= 0.6 is 15.9 Å². The third-order valence-corrected chi connectivity index (χ3v) is 3.73. The molecular weight excluding hydrogens is 321 g/mol. The molecule has 2 aromatic carbocycles. The van der Waals surface area contributed by atoms with Gasteiger partial charge in [-0.15, -0.1) is 0 Å². The molecule has 4 heteroatoms. The van der Waals surface area contributed by atoms with Crippen molar-refractivity contribution >= 4 is 21.8 Å². The summed E-state index contributed by atoms with van der Waals surface area (Å²) in [7, 11) is 0. The highest BCUT2D eigenvalue weighted by molar-refractivity contribution is 9.10.